The minimum Gasteiger partial charge on any atom is -0.871 e. The Hall–Kier alpha value is 0.680. The van der Waals surface area contributed by atoms with Crippen molar-refractivity contribution in [3.63, 3.8) is 0 Å². The van der Waals surface area contributed by atoms with Crippen molar-refractivity contribution in [3.05, 3.63) is 22.3 Å². The van der Waals surface area contributed by atoms with Gasteiger partial charge in [0, 0.05) is 10.7 Å². The van der Waals surface area contributed by atoms with Crippen molar-refractivity contribution < 1.29 is 15.0 Å². The van der Waals surface area contributed by atoms with E-state index in [-0.39, 0.29) is 5.56 Å². The molecule has 70 valence electrons. The summed E-state index contributed by atoms with van der Waals surface area (Å²) in [4.78, 5) is 10.7. The number of hydrogen-bond donors (Lipinski definition) is 1. The second-order valence-electron chi connectivity index (χ2n) is 2.16. The Morgan fingerprint density at radius 3 is 2.31 bits per heavy atom. The van der Waals surface area contributed by atoms with Gasteiger partial charge in [-0.05, 0) is 73.8 Å². The molecule has 0 aliphatic carbocycles. The number of halogens is 3. The molecule has 0 saturated carbocycles. The van der Waals surface area contributed by atoms with E-state index in [0.29, 0.717) is 7.14 Å². The zero-order chi connectivity index (χ0) is 10.2. The molecule has 0 aliphatic rings. The van der Waals surface area contributed by atoms with E-state index in [4.69, 9.17) is 5.11 Å². The summed E-state index contributed by atoms with van der Waals surface area (Å²) in [5.41, 5.74) is -0.128. The number of aromatic carboxylic acids is 1. The molecule has 1 rings (SSSR count). The third-order valence-electron chi connectivity index (χ3n) is 1.34. The van der Waals surface area contributed by atoms with Gasteiger partial charge in [-0.25, -0.2) is 4.79 Å². The topological polar surface area (TPSA) is 60.4 Å². The predicted molar refractivity (Wildman–Crippen MR) is 71.0 cm³/mol. The van der Waals surface area contributed by atoms with Crippen LogP contribution in [0.2, 0.25) is 0 Å². The van der Waals surface area contributed by atoms with Gasteiger partial charge in [-0.15, -0.1) is 0 Å². The molecule has 13 heavy (non-hydrogen) atoms. The normalized spacial score (nSPS) is 10.1. The highest BCUT2D eigenvalue weighted by atomic mass is 127. The average Bonchev–Trinajstić information content (AvgIpc) is 2.01. The van der Waals surface area contributed by atoms with Crippen molar-refractivity contribution >= 4 is 73.7 Å². The zero-order valence-electron chi connectivity index (χ0n) is 5.97. The summed E-state index contributed by atoms with van der Waals surface area (Å²) in [6.07, 6.45) is 0. The first kappa shape index (κ1) is 11.8. The highest BCUT2D eigenvalue weighted by Gasteiger charge is 2.13. The smallest absolute Gasteiger partial charge is 0.336 e. The highest BCUT2D eigenvalue weighted by molar-refractivity contribution is 14.1. The molecule has 1 aromatic rings. The number of carbonyl (C=O) groups is 1. The highest BCUT2D eigenvalue weighted by Crippen LogP contribution is 2.30. The first-order valence-corrected chi connectivity index (χ1v) is 6.26. The Labute approximate surface area is 115 Å². The summed E-state index contributed by atoms with van der Waals surface area (Å²) >= 11 is 5.72. The van der Waals surface area contributed by atoms with E-state index in [9.17, 15) is 9.90 Å². The largest absolute Gasteiger partial charge is 0.871 e. The van der Waals surface area contributed by atoms with Crippen LogP contribution in [0.4, 0.5) is 0 Å². The van der Waals surface area contributed by atoms with Gasteiger partial charge >= 0.3 is 5.97 Å². The summed E-state index contributed by atoms with van der Waals surface area (Å²) in [5.74, 6) is -1.57. The molecule has 0 heterocycles. The second-order valence-corrected chi connectivity index (χ2v) is 5.57. The maximum absolute atomic E-state index is 11.4. The van der Waals surface area contributed by atoms with E-state index in [1.165, 1.54) is 0 Å². The lowest BCUT2D eigenvalue weighted by molar-refractivity contribution is -0.270. The molecule has 1 aromatic carbocycles. The van der Waals surface area contributed by atoms with Crippen LogP contribution in [0.1, 0.15) is 10.4 Å². The number of carboxylic acids is 1. The molecule has 0 aromatic heterocycles. The monoisotopic (exact) mass is 515 g/mol. The summed E-state index contributed by atoms with van der Waals surface area (Å²) in [5, 5.41) is 20.2. The average molecular weight is 515 g/mol. The molecule has 0 atom stereocenters. The van der Waals surface area contributed by atoms with Gasteiger partial charge in [-0.2, -0.15) is 0 Å². The Balaban J connectivity index is 3.56. The van der Waals surface area contributed by atoms with E-state index in [2.05, 4.69) is 0 Å². The van der Waals surface area contributed by atoms with Crippen molar-refractivity contribution in [3.8, 4) is 5.75 Å². The van der Waals surface area contributed by atoms with Gasteiger partial charge in [0.2, 0.25) is 0 Å². The van der Waals surface area contributed by atoms with Crippen molar-refractivity contribution in [2.45, 2.75) is 0 Å². The van der Waals surface area contributed by atoms with Crippen LogP contribution in [-0.4, -0.2) is 11.1 Å². The van der Waals surface area contributed by atoms with Gasteiger partial charge < -0.3 is 10.2 Å². The molecule has 0 unspecified atom stereocenters. The second kappa shape index (κ2) is 4.47. The number of benzene rings is 1. The van der Waals surface area contributed by atoms with Crippen molar-refractivity contribution in [1.82, 2.24) is 0 Å². The zero-order valence-corrected chi connectivity index (χ0v) is 12.4. The summed E-state index contributed by atoms with van der Waals surface area (Å²) in [6.45, 7) is 0. The van der Waals surface area contributed by atoms with Crippen LogP contribution < -0.4 is 5.11 Å². The van der Waals surface area contributed by atoms with E-state index in [1.54, 1.807) is 6.07 Å². The third-order valence-corrected chi connectivity index (χ3v) is 5.15. The molecule has 0 fully saturated rings. The summed E-state index contributed by atoms with van der Waals surface area (Å²) < 4.78 is 1.75. The van der Waals surface area contributed by atoms with Gasteiger partial charge in [0.05, 0.1) is 5.56 Å². The third kappa shape index (κ3) is 2.37. The molecule has 0 aliphatic heterocycles. The molecule has 0 amide bonds. The van der Waals surface area contributed by atoms with Crippen molar-refractivity contribution in [2.24, 2.45) is 0 Å². The van der Waals surface area contributed by atoms with E-state index < -0.39 is 11.7 Å². The van der Waals surface area contributed by atoms with Gasteiger partial charge in [-0.1, -0.05) is 5.75 Å². The molecule has 6 heteroatoms. The standard InChI is InChI=1S/C7H3I3O3/c8-2-1-3(9)6(11)4(5(2)10)7(12)13/h1,11H,(H,12,13)/p-1. The molecule has 1 N–H and O–H groups in total. The first-order chi connectivity index (χ1) is 5.95. The van der Waals surface area contributed by atoms with Crippen LogP contribution >= 0.6 is 67.8 Å². The number of hydrogen-bond acceptors (Lipinski definition) is 2. The summed E-state index contributed by atoms with van der Waals surface area (Å²) in [6, 6.07) is 1.68. The fourth-order valence-electron chi connectivity index (χ4n) is 0.770. The van der Waals surface area contributed by atoms with Crippen LogP contribution in [0.5, 0.6) is 5.75 Å². The van der Waals surface area contributed by atoms with Crippen LogP contribution in [-0.2, 0) is 0 Å². The van der Waals surface area contributed by atoms with Gasteiger partial charge in [0.25, 0.3) is 0 Å². The van der Waals surface area contributed by atoms with Crippen LogP contribution in [0.3, 0.4) is 0 Å². The number of carboxylic acid groups (broad SMARTS) is 1. The minimum atomic E-state index is -1.16. The SMILES string of the molecule is O=C(O)c1c([O-])c(I)cc(I)c1I. The van der Waals surface area contributed by atoms with Gasteiger partial charge in [0.15, 0.2) is 0 Å². The van der Waals surface area contributed by atoms with Gasteiger partial charge in [-0.3, -0.25) is 0 Å². The molecule has 0 saturated heterocycles. The Kier molecular flexibility index (Phi) is 4.04. The Morgan fingerprint density at radius 2 is 1.85 bits per heavy atom. The van der Waals surface area contributed by atoms with E-state index >= 15 is 0 Å². The molecule has 0 spiro atoms. The summed E-state index contributed by atoms with van der Waals surface area (Å²) in [7, 11) is 0. The maximum Gasteiger partial charge on any atom is 0.336 e. The van der Waals surface area contributed by atoms with Crippen LogP contribution in [0.15, 0.2) is 6.07 Å². The lowest BCUT2D eigenvalue weighted by Crippen LogP contribution is -2.09. The van der Waals surface area contributed by atoms with Crippen molar-refractivity contribution in [2.75, 3.05) is 0 Å². The molecule has 0 bridgehead atoms. The molecule has 0 radical (unpaired) electrons. The van der Waals surface area contributed by atoms with Crippen LogP contribution in [0, 0.1) is 10.7 Å². The lowest BCUT2D eigenvalue weighted by atomic mass is 10.2. The molecular formula is C7H2I3O3-. The maximum atomic E-state index is 11.4. The quantitative estimate of drug-likeness (QED) is 0.462. The molecule has 3 nitrogen and oxygen atoms in total. The first-order valence-electron chi connectivity index (χ1n) is 3.03. The van der Waals surface area contributed by atoms with Crippen molar-refractivity contribution in [1.29, 1.82) is 0 Å². The minimum absolute atomic E-state index is 0.128. The molecular weight excluding hydrogens is 513 g/mol. The fraction of sp³-hybridized carbons (Fsp3) is 0. The Bertz CT molecular complexity index is 349. The number of rotatable bonds is 1. The van der Waals surface area contributed by atoms with E-state index in [0.717, 1.165) is 3.57 Å². The fourth-order valence-corrected chi connectivity index (χ4v) is 3.16. The Morgan fingerprint density at radius 1 is 1.31 bits per heavy atom. The van der Waals surface area contributed by atoms with Crippen LogP contribution in [0.25, 0.3) is 0 Å². The lowest BCUT2D eigenvalue weighted by Gasteiger charge is -2.15. The van der Waals surface area contributed by atoms with E-state index in [1.807, 2.05) is 67.8 Å². The predicted octanol–water partition coefficient (Wildman–Crippen LogP) is 2.27. The van der Waals surface area contributed by atoms with Gasteiger partial charge in [0.1, 0.15) is 0 Å².